The van der Waals surface area contributed by atoms with Gasteiger partial charge in [-0.2, -0.15) is 5.10 Å². The molecule has 0 spiro atoms. The minimum absolute atomic E-state index is 0.292. The van der Waals surface area contributed by atoms with Crippen LogP contribution in [-0.2, 0) is 0 Å². The third-order valence-electron chi connectivity index (χ3n) is 2.94. The number of nitrogens with zero attached hydrogens (tertiary/aromatic N) is 1. The maximum Gasteiger partial charge on any atom is 0.203 e. The zero-order valence-corrected chi connectivity index (χ0v) is 12.6. The van der Waals surface area contributed by atoms with Crippen LogP contribution in [0.3, 0.4) is 0 Å². The summed E-state index contributed by atoms with van der Waals surface area (Å²) in [5, 5.41) is 4.10. The lowest BCUT2D eigenvalue weighted by Gasteiger charge is -2.12. The first-order chi connectivity index (χ1) is 10.7. The van der Waals surface area contributed by atoms with Crippen molar-refractivity contribution in [3.05, 3.63) is 47.8 Å². The maximum absolute atomic E-state index is 12.8. The van der Waals surface area contributed by atoms with Crippen molar-refractivity contribution in [1.82, 2.24) is 0 Å². The highest BCUT2D eigenvalue weighted by atomic mass is 19.1. The molecule has 2 aromatic carbocycles. The summed E-state index contributed by atoms with van der Waals surface area (Å²) in [4.78, 5) is 0. The number of benzene rings is 2. The van der Waals surface area contributed by atoms with E-state index in [2.05, 4.69) is 10.5 Å². The lowest BCUT2D eigenvalue weighted by Crippen LogP contribution is -1.97. The summed E-state index contributed by atoms with van der Waals surface area (Å²) < 4.78 is 28.6. The van der Waals surface area contributed by atoms with Gasteiger partial charge >= 0.3 is 0 Å². The molecule has 0 saturated carbocycles. The van der Waals surface area contributed by atoms with Crippen LogP contribution in [0.4, 0.5) is 10.1 Å². The standard InChI is InChI=1S/C16H17FN2O3/c1-20-14-8-11(9-15(21-2)16(14)22-3)10-18-19-13-6-4-12(17)5-7-13/h4-10,19H,1-3H3/b18-10+. The predicted molar refractivity (Wildman–Crippen MR) is 83.7 cm³/mol. The molecule has 5 nitrogen and oxygen atoms in total. The predicted octanol–water partition coefficient (Wildman–Crippen LogP) is 3.30. The molecule has 0 aliphatic rings. The fourth-order valence-electron chi connectivity index (χ4n) is 1.88. The molecule has 116 valence electrons. The number of nitrogens with one attached hydrogen (secondary N) is 1. The Balaban J connectivity index is 2.18. The van der Waals surface area contributed by atoms with Crippen molar-refractivity contribution >= 4 is 11.9 Å². The molecule has 0 aliphatic heterocycles. The van der Waals surface area contributed by atoms with Gasteiger partial charge in [-0.15, -0.1) is 0 Å². The van der Waals surface area contributed by atoms with E-state index in [0.717, 1.165) is 5.56 Å². The molecule has 0 aromatic heterocycles. The molecule has 0 heterocycles. The highest BCUT2D eigenvalue weighted by Crippen LogP contribution is 2.37. The number of hydrogen-bond donors (Lipinski definition) is 1. The number of ether oxygens (including phenoxy) is 3. The lowest BCUT2D eigenvalue weighted by atomic mass is 10.2. The Hall–Kier alpha value is -2.76. The van der Waals surface area contributed by atoms with Gasteiger partial charge in [-0.25, -0.2) is 4.39 Å². The quantitative estimate of drug-likeness (QED) is 0.657. The fourth-order valence-corrected chi connectivity index (χ4v) is 1.88. The van der Waals surface area contributed by atoms with Gasteiger partial charge < -0.3 is 14.2 Å². The van der Waals surface area contributed by atoms with Crippen LogP contribution in [0.2, 0.25) is 0 Å². The van der Waals surface area contributed by atoms with E-state index in [-0.39, 0.29) is 5.82 Å². The number of anilines is 1. The van der Waals surface area contributed by atoms with Crippen LogP contribution < -0.4 is 19.6 Å². The summed E-state index contributed by atoms with van der Waals surface area (Å²) in [5.74, 6) is 1.32. The van der Waals surface area contributed by atoms with E-state index in [1.165, 1.54) is 12.1 Å². The molecule has 0 bridgehead atoms. The van der Waals surface area contributed by atoms with E-state index in [4.69, 9.17) is 14.2 Å². The average Bonchev–Trinajstić information content (AvgIpc) is 2.55. The van der Waals surface area contributed by atoms with Gasteiger partial charge in [0.2, 0.25) is 5.75 Å². The summed E-state index contributed by atoms with van der Waals surface area (Å²) in [5.41, 5.74) is 4.27. The molecule has 0 unspecified atom stereocenters. The van der Waals surface area contributed by atoms with E-state index < -0.39 is 0 Å². The molecule has 0 saturated heterocycles. The topological polar surface area (TPSA) is 52.1 Å². The van der Waals surface area contributed by atoms with Gasteiger partial charge in [-0.1, -0.05) is 0 Å². The Kier molecular flexibility index (Phi) is 5.19. The molecule has 22 heavy (non-hydrogen) atoms. The van der Waals surface area contributed by atoms with Gasteiger partial charge in [-0.05, 0) is 36.4 Å². The van der Waals surface area contributed by atoms with Crippen molar-refractivity contribution in [3.63, 3.8) is 0 Å². The normalized spacial score (nSPS) is 10.5. The third kappa shape index (κ3) is 3.66. The first-order valence-corrected chi connectivity index (χ1v) is 6.52. The Morgan fingerprint density at radius 2 is 1.55 bits per heavy atom. The summed E-state index contributed by atoms with van der Waals surface area (Å²) in [6.07, 6.45) is 1.60. The van der Waals surface area contributed by atoms with Crippen molar-refractivity contribution < 1.29 is 18.6 Å². The molecule has 0 aliphatic carbocycles. The van der Waals surface area contributed by atoms with Crippen molar-refractivity contribution in [3.8, 4) is 17.2 Å². The molecule has 6 heteroatoms. The summed E-state index contributed by atoms with van der Waals surface area (Å²) in [6, 6.07) is 9.46. The SMILES string of the molecule is COc1cc(/C=N/Nc2ccc(F)cc2)cc(OC)c1OC. The van der Waals surface area contributed by atoms with Crippen molar-refractivity contribution in [2.45, 2.75) is 0 Å². The second kappa shape index (κ2) is 7.31. The molecule has 0 radical (unpaired) electrons. The maximum atomic E-state index is 12.8. The Labute approximate surface area is 128 Å². The number of halogens is 1. The smallest absolute Gasteiger partial charge is 0.203 e. The number of hydrazone groups is 1. The monoisotopic (exact) mass is 304 g/mol. The number of hydrogen-bond acceptors (Lipinski definition) is 5. The molecule has 0 amide bonds. The molecule has 2 aromatic rings. The van der Waals surface area contributed by atoms with Crippen LogP contribution in [0, 0.1) is 5.82 Å². The Bertz CT molecular complexity index is 632. The second-order valence-corrected chi connectivity index (χ2v) is 4.34. The molecule has 2 rings (SSSR count). The third-order valence-corrected chi connectivity index (χ3v) is 2.94. The zero-order valence-electron chi connectivity index (χ0n) is 12.6. The fraction of sp³-hybridized carbons (Fsp3) is 0.188. The first kappa shape index (κ1) is 15.6. The van der Waals surface area contributed by atoms with Crippen molar-refractivity contribution in [2.75, 3.05) is 26.8 Å². The first-order valence-electron chi connectivity index (χ1n) is 6.52. The molecular weight excluding hydrogens is 287 g/mol. The lowest BCUT2D eigenvalue weighted by molar-refractivity contribution is 0.324. The van der Waals surface area contributed by atoms with Gasteiger partial charge in [0.15, 0.2) is 11.5 Å². The van der Waals surface area contributed by atoms with Crippen LogP contribution in [0.15, 0.2) is 41.5 Å². The largest absolute Gasteiger partial charge is 0.493 e. The zero-order chi connectivity index (χ0) is 15.9. The van der Waals surface area contributed by atoms with Gasteiger partial charge in [0, 0.05) is 5.56 Å². The Morgan fingerprint density at radius 1 is 0.955 bits per heavy atom. The summed E-state index contributed by atoms with van der Waals surface area (Å²) in [6.45, 7) is 0. The minimum atomic E-state index is -0.292. The highest BCUT2D eigenvalue weighted by Gasteiger charge is 2.12. The average molecular weight is 304 g/mol. The van der Waals surface area contributed by atoms with E-state index in [1.807, 2.05) is 0 Å². The van der Waals surface area contributed by atoms with Crippen molar-refractivity contribution in [1.29, 1.82) is 0 Å². The summed E-state index contributed by atoms with van der Waals surface area (Å²) in [7, 11) is 4.65. The molecular formula is C16H17FN2O3. The van der Waals surface area contributed by atoms with Gasteiger partial charge in [0.05, 0.1) is 33.2 Å². The number of methoxy groups -OCH3 is 3. The van der Waals surface area contributed by atoms with E-state index in [1.54, 1.807) is 51.8 Å². The summed E-state index contributed by atoms with van der Waals surface area (Å²) >= 11 is 0. The van der Waals surface area contributed by atoms with Crippen LogP contribution in [-0.4, -0.2) is 27.5 Å². The Morgan fingerprint density at radius 3 is 2.05 bits per heavy atom. The molecule has 1 N–H and O–H groups in total. The van der Waals surface area contributed by atoms with Gasteiger partial charge in [0.1, 0.15) is 5.82 Å². The van der Waals surface area contributed by atoms with Gasteiger partial charge in [-0.3, -0.25) is 5.43 Å². The van der Waals surface area contributed by atoms with Crippen molar-refractivity contribution in [2.24, 2.45) is 5.10 Å². The van der Waals surface area contributed by atoms with Crippen LogP contribution in [0.1, 0.15) is 5.56 Å². The number of rotatable bonds is 6. The molecule has 0 atom stereocenters. The molecule has 0 fully saturated rings. The second-order valence-electron chi connectivity index (χ2n) is 4.34. The highest BCUT2D eigenvalue weighted by molar-refractivity contribution is 5.83. The minimum Gasteiger partial charge on any atom is -0.493 e. The van der Waals surface area contributed by atoms with Gasteiger partial charge in [0.25, 0.3) is 0 Å². The van der Waals surface area contributed by atoms with Crippen LogP contribution >= 0.6 is 0 Å². The van der Waals surface area contributed by atoms with E-state index in [0.29, 0.717) is 22.9 Å². The van der Waals surface area contributed by atoms with E-state index >= 15 is 0 Å². The van der Waals surface area contributed by atoms with Crippen LogP contribution in [0.25, 0.3) is 0 Å². The van der Waals surface area contributed by atoms with Crippen LogP contribution in [0.5, 0.6) is 17.2 Å². The van der Waals surface area contributed by atoms with E-state index in [9.17, 15) is 4.39 Å².